The van der Waals surface area contributed by atoms with E-state index in [1.165, 1.54) is 22.8 Å². The van der Waals surface area contributed by atoms with Gasteiger partial charge < -0.3 is 10.6 Å². The van der Waals surface area contributed by atoms with Gasteiger partial charge >= 0.3 is 0 Å². The second-order valence-corrected chi connectivity index (χ2v) is 13.9. The molecule has 0 bridgehead atoms. The summed E-state index contributed by atoms with van der Waals surface area (Å²) < 4.78 is 40.1. The first-order valence-corrected chi connectivity index (χ1v) is 16.6. The summed E-state index contributed by atoms with van der Waals surface area (Å²) in [6, 6.07) is 2.40. The largest absolute Gasteiger partial charge is 0.403 e. The zero-order chi connectivity index (χ0) is 34.8. The summed E-state index contributed by atoms with van der Waals surface area (Å²) in [5, 5.41) is 13.4. The van der Waals surface area contributed by atoms with Crippen LogP contribution in [0.25, 0.3) is 0 Å². The van der Waals surface area contributed by atoms with E-state index in [1.54, 1.807) is 7.05 Å². The van der Waals surface area contributed by atoms with Gasteiger partial charge in [-0.25, -0.2) is 18.2 Å². The van der Waals surface area contributed by atoms with E-state index < -0.39 is 17.5 Å². The summed E-state index contributed by atoms with van der Waals surface area (Å²) in [4.78, 5) is 15.1. The predicted octanol–water partition coefficient (Wildman–Crippen LogP) is 8.20. The lowest BCUT2D eigenvalue weighted by Crippen LogP contribution is -2.46. The highest BCUT2D eigenvalue weighted by Gasteiger charge is 2.46. The van der Waals surface area contributed by atoms with Gasteiger partial charge in [0.05, 0.1) is 5.03 Å². The Kier molecular flexibility index (Phi) is 14.8. The molecule has 1 spiro atoms. The van der Waals surface area contributed by atoms with Gasteiger partial charge in [0.1, 0.15) is 5.84 Å². The number of likely N-dealkylation sites (tertiary alicyclic amines) is 2. The number of hydrogen-bond acceptors (Lipinski definition) is 6. The molecule has 3 unspecified atom stereocenters. The van der Waals surface area contributed by atoms with Gasteiger partial charge in [-0.1, -0.05) is 49.2 Å². The van der Waals surface area contributed by atoms with Crippen molar-refractivity contribution in [3.8, 4) is 0 Å². The van der Waals surface area contributed by atoms with Crippen molar-refractivity contribution in [1.82, 2.24) is 14.8 Å². The first-order chi connectivity index (χ1) is 21.7. The van der Waals surface area contributed by atoms with Crippen molar-refractivity contribution >= 4 is 23.8 Å². The molecule has 12 heteroatoms. The number of rotatable bonds is 6. The van der Waals surface area contributed by atoms with Gasteiger partial charge in [-0.3, -0.25) is 15.1 Å². The third kappa shape index (κ3) is 9.80. The summed E-state index contributed by atoms with van der Waals surface area (Å²) in [6.07, 6.45) is 9.78. The van der Waals surface area contributed by atoms with E-state index in [0.29, 0.717) is 23.0 Å². The van der Waals surface area contributed by atoms with Gasteiger partial charge in [0.15, 0.2) is 17.5 Å². The van der Waals surface area contributed by atoms with Crippen molar-refractivity contribution in [3.05, 3.63) is 58.0 Å². The number of carbonyl (C=O) groups is 1. The molecule has 1 aromatic carbocycles. The maximum atomic E-state index is 13.8. The van der Waals surface area contributed by atoms with E-state index in [9.17, 15) is 18.0 Å². The van der Waals surface area contributed by atoms with Crippen LogP contribution in [-0.4, -0.2) is 65.8 Å². The summed E-state index contributed by atoms with van der Waals surface area (Å²) in [5.41, 5.74) is 14.3. The number of halogens is 4. The lowest BCUT2D eigenvalue weighted by atomic mass is 9.75. The van der Waals surface area contributed by atoms with Crippen LogP contribution in [0.3, 0.4) is 0 Å². The Hall–Kier alpha value is -2.92. The van der Waals surface area contributed by atoms with E-state index in [4.69, 9.17) is 28.3 Å². The Bertz CT molecular complexity index is 1260. The number of piperidine rings is 2. The number of nitrogens with one attached hydrogen (secondary N) is 2. The molecule has 4 rings (SSSR count). The van der Waals surface area contributed by atoms with Gasteiger partial charge in [-0.05, 0) is 101 Å². The third-order valence-electron chi connectivity index (χ3n) is 9.61. The highest BCUT2D eigenvalue weighted by atomic mass is 35.5. The molecule has 3 aliphatic rings. The number of hydrogen-bond donors (Lipinski definition) is 3. The minimum atomic E-state index is -1.36. The molecule has 46 heavy (non-hydrogen) atoms. The van der Waals surface area contributed by atoms with E-state index in [1.807, 2.05) is 31.7 Å². The molecule has 4 N–H and O–H groups in total. The van der Waals surface area contributed by atoms with Crippen LogP contribution in [-0.2, 0) is 4.79 Å². The van der Waals surface area contributed by atoms with Crippen LogP contribution in [0, 0.1) is 45.6 Å². The Morgan fingerprint density at radius 3 is 2.35 bits per heavy atom. The van der Waals surface area contributed by atoms with Crippen LogP contribution < -0.4 is 5.73 Å². The van der Waals surface area contributed by atoms with Crippen LogP contribution in [0.5, 0.6) is 0 Å². The van der Waals surface area contributed by atoms with Crippen LogP contribution >= 0.6 is 11.6 Å². The molecule has 1 amide bonds. The maximum absolute atomic E-state index is 13.8. The molecule has 0 aromatic heterocycles. The Labute approximate surface area is 278 Å². The monoisotopic (exact) mass is 667 g/mol. The Balaban J connectivity index is 0.000000314. The number of amides is 1. The predicted molar refractivity (Wildman–Crippen MR) is 179 cm³/mol. The number of nitrogens with two attached hydrogens (primary N) is 1. The van der Waals surface area contributed by atoms with E-state index >= 15 is 0 Å². The normalized spacial score (nSPS) is 23.2. The lowest BCUT2D eigenvalue weighted by Gasteiger charge is -2.41. The second-order valence-electron chi connectivity index (χ2n) is 13.4. The number of nitrogens with zero attached hydrogens (tertiary/aromatic N) is 4. The molecule has 1 aliphatic carbocycles. The fraction of sp³-hybridized carbons (Fsp3) is 0.647. The summed E-state index contributed by atoms with van der Waals surface area (Å²) in [6.45, 7) is 15.5. The fourth-order valence-electron chi connectivity index (χ4n) is 6.84. The molecule has 3 atom stereocenters. The van der Waals surface area contributed by atoms with Crippen LogP contribution in [0.4, 0.5) is 13.2 Å². The number of carbonyl (C=O) groups excluding carboxylic acids is 1. The number of benzene rings is 1. The zero-order valence-electron chi connectivity index (χ0n) is 28.5. The number of allylic oxidation sites excluding steroid dienone is 3. The lowest BCUT2D eigenvalue weighted by molar-refractivity contribution is -0.120. The van der Waals surface area contributed by atoms with E-state index in [2.05, 4.69) is 30.9 Å². The van der Waals surface area contributed by atoms with Gasteiger partial charge in [-0.2, -0.15) is 5.53 Å². The quantitative estimate of drug-likeness (QED) is 0.0709. The molecule has 2 saturated heterocycles. The van der Waals surface area contributed by atoms with E-state index in [0.717, 1.165) is 70.6 Å². The molecular formula is C34H53ClF3N7O. The van der Waals surface area contributed by atoms with Crippen LogP contribution in [0.15, 0.2) is 40.2 Å². The topological polar surface area (TPSA) is 113 Å². The molecule has 2 heterocycles. The Morgan fingerprint density at radius 1 is 1.17 bits per heavy atom. The summed E-state index contributed by atoms with van der Waals surface area (Å²) in [5.74, 6) is -3.16. The molecule has 8 nitrogen and oxygen atoms in total. The van der Waals surface area contributed by atoms with Crippen molar-refractivity contribution in [2.24, 2.45) is 28.2 Å². The van der Waals surface area contributed by atoms with Crippen molar-refractivity contribution in [2.75, 3.05) is 33.2 Å². The third-order valence-corrected chi connectivity index (χ3v) is 9.84. The molecule has 3 fully saturated rings. The SMILES string of the molecule is CC.CC(C(=N)N(C)N=N)C1CC2(CCN(C=O)CC2)C/C1=C\C(Cl)=C/N.CC(C)(C)N1CCCC(c2ccc(F)c(F)c2F)C1. The average molecular weight is 668 g/mol. The van der Waals surface area contributed by atoms with Crippen molar-refractivity contribution in [3.63, 3.8) is 0 Å². The number of amidine groups is 1. The zero-order valence-corrected chi connectivity index (χ0v) is 29.2. The summed E-state index contributed by atoms with van der Waals surface area (Å²) in [7, 11) is 1.62. The molecule has 1 saturated carbocycles. The maximum Gasteiger partial charge on any atom is 0.209 e. The van der Waals surface area contributed by atoms with Gasteiger partial charge in [-0.15, -0.1) is 0 Å². The molecule has 258 valence electrons. The van der Waals surface area contributed by atoms with Crippen LogP contribution in [0.2, 0.25) is 0 Å². The molecule has 1 aromatic rings. The second kappa shape index (κ2) is 17.3. The molecule has 2 aliphatic heterocycles. The van der Waals surface area contributed by atoms with Gasteiger partial charge in [0.2, 0.25) is 6.41 Å². The molecule has 0 radical (unpaired) electrons. The molecular weight excluding hydrogens is 615 g/mol. The van der Waals surface area contributed by atoms with Crippen LogP contribution in [0.1, 0.15) is 91.5 Å². The Morgan fingerprint density at radius 2 is 1.80 bits per heavy atom. The van der Waals surface area contributed by atoms with Gasteiger partial charge in [0, 0.05) is 44.3 Å². The highest BCUT2D eigenvalue weighted by molar-refractivity contribution is 6.31. The smallest absolute Gasteiger partial charge is 0.209 e. The van der Waals surface area contributed by atoms with Gasteiger partial charge in [0.25, 0.3) is 0 Å². The van der Waals surface area contributed by atoms with Crippen molar-refractivity contribution in [1.29, 1.82) is 10.9 Å². The minimum absolute atomic E-state index is 0.00766. The minimum Gasteiger partial charge on any atom is -0.403 e. The van der Waals surface area contributed by atoms with E-state index in [-0.39, 0.29) is 28.7 Å². The average Bonchev–Trinajstić information content (AvgIpc) is 3.40. The van der Waals surface area contributed by atoms with Crippen molar-refractivity contribution in [2.45, 2.75) is 91.5 Å². The fourth-order valence-corrected chi connectivity index (χ4v) is 6.98. The summed E-state index contributed by atoms with van der Waals surface area (Å²) >= 11 is 6.15. The first-order valence-electron chi connectivity index (χ1n) is 16.2. The highest BCUT2D eigenvalue weighted by Crippen LogP contribution is 2.54. The standard InChI is InChI=1S/C17H27ClN6O.C15H20F3N.C2H6/c1-12(16(20)23(2)22-21)15-9-17(3-5-24(11-25)6-4-17)8-13(15)7-14(18)10-19;1-15(2,3)19-8-4-5-10(9-19)11-6-7-12(16)14(18)13(11)17;1-2/h7,10-12,15,20-21H,3-6,8-9,19H2,1-2H3;6-7,10H,4-5,8-9H2,1-3H3;1-2H3/b13-7+,14-10+,20-16?,22-21?;;. The van der Waals surface area contributed by atoms with Crippen molar-refractivity contribution < 1.29 is 18.0 Å². The first kappa shape index (κ1) is 39.3.